The molecule has 2 aliphatic heterocycles. The number of aryl methyl sites for hydroxylation is 2. The summed E-state index contributed by atoms with van der Waals surface area (Å²) in [5.41, 5.74) is 2.64. The van der Waals surface area contributed by atoms with Crippen molar-refractivity contribution in [1.29, 1.82) is 0 Å². The zero-order chi connectivity index (χ0) is 18.3. The monoisotopic (exact) mass is 373 g/mol. The predicted molar refractivity (Wildman–Crippen MR) is 97.9 cm³/mol. The summed E-state index contributed by atoms with van der Waals surface area (Å²) in [6.07, 6.45) is 2.34. The fraction of sp³-hybridized carbons (Fsp3) is 0.526. The van der Waals surface area contributed by atoms with Gasteiger partial charge in [-0.2, -0.15) is 11.3 Å². The molecule has 4 heterocycles. The van der Waals surface area contributed by atoms with Gasteiger partial charge in [-0.1, -0.05) is 5.16 Å². The first-order chi connectivity index (χ1) is 12.5. The summed E-state index contributed by atoms with van der Waals surface area (Å²) in [7, 11) is 0. The van der Waals surface area contributed by atoms with Gasteiger partial charge in [0.1, 0.15) is 5.76 Å². The standard InChI is InChI=1S/C19H23N3O3S/c1-13-16(14(2)25-20-13)10-22-12-19(9-17(22)23)4-6-21(7-5-19)18(24)15-3-8-26-11-15/h3,8,11H,4-7,9-10,12H2,1-2H3. The number of carbonyl (C=O) groups excluding carboxylic acids is 2. The second kappa shape index (κ2) is 6.54. The Balaban J connectivity index is 1.40. The van der Waals surface area contributed by atoms with Gasteiger partial charge in [0.2, 0.25) is 5.91 Å². The fourth-order valence-corrected chi connectivity index (χ4v) is 4.76. The molecule has 4 rings (SSSR count). The zero-order valence-corrected chi connectivity index (χ0v) is 16.0. The first-order valence-corrected chi connectivity index (χ1v) is 9.93. The maximum absolute atomic E-state index is 12.6. The van der Waals surface area contributed by atoms with Crippen LogP contribution in [-0.4, -0.2) is 46.4 Å². The molecule has 0 radical (unpaired) electrons. The molecule has 0 bridgehead atoms. The quantitative estimate of drug-likeness (QED) is 0.829. The molecule has 7 heteroatoms. The van der Waals surface area contributed by atoms with Gasteiger partial charge >= 0.3 is 0 Å². The molecule has 2 aliphatic rings. The lowest BCUT2D eigenvalue weighted by molar-refractivity contribution is -0.128. The Kier molecular flexibility index (Phi) is 4.34. The van der Waals surface area contributed by atoms with Crippen LogP contribution < -0.4 is 0 Å². The topological polar surface area (TPSA) is 66.7 Å². The van der Waals surface area contributed by atoms with Gasteiger partial charge in [0.25, 0.3) is 5.91 Å². The number of hydrogen-bond donors (Lipinski definition) is 0. The molecule has 6 nitrogen and oxygen atoms in total. The molecule has 2 fully saturated rings. The van der Waals surface area contributed by atoms with Gasteiger partial charge in [-0.15, -0.1) is 0 Å². The highest BCUT2D eigenvalue weighted by Crippen LogP contribution is 2.42. The van der Waals surface area contributed by atoms with Crippen LogP contribution in [0, 0.1) is 19.3 Å². The number of hydrogen-bond acceptors (Lipinski definition) is 5. The van der Waals surface area contributed by atoms with Gasteiger partial charge < -0.3 is 14.3 Å². The van der Waals surface area contributed by atoms with Gasteiger partial charge in [-0.25, -0.2) is 0 Å². The summed E-state index contributed by atoms with van der Waals surface area (Å²) in [4.78, 5) is 29.0. The summed E-state index contributed by atoms with van der Waals surface area (Å²) >= 11 is 1.54. The zero-order valence-electron chi connectivity index (χ0n) is 15.2. The highest BCUT2D eigenvalue weighted by atomic mass is 32.1. The minimum atomic E-state index is 0.00147. The Morgan fingerprint density at radius 1 is 1.35 bits per heavy atom. The predicted octanol–water partition coefficient (Wildman–Crippen LogP) is 3.01. The highest BCUT2D eigenvalue weighted by molar-refractivity contribution is 7.08. The molecule has 0 unspecified atom stereocenters. The van der Waals surface area contributed by atoms with E-state index >= 15 is 0 Å². The van der Waals surface area contributed by atoms with E-state index < -0.39 is 0 Å². The number of thiophene rings is 1. The van der Waals surface area contributed by atoms with Crippen molar-refractivity contribution < 1.29 is 14.1 Å². The van der Waals surface area contributed by atoms with Crippen molar-refractivity contribution in [2.75, 3.05) is 19.6 Å². The lowest BCUT2D eigenvalue weighted by Crippen LogP contribution is -2.44. The van der Waals surface area contributed by atoms with Crippen molar-refractivity contribution in [3.05, 3.63) is 39.4 Å². The minimum Gasteiger partial charge on any atom is -0.361 e. The molecule has 138 valence electrons. The normalized spacial score (nSPS) is 19.5. The average Bonchev–Trinajstić information content (AvgIpc) is 3.33. The number of aromatic nitrogens is 1. The van der Waals surface area contributed by atoms with Crippen molar-refractivity contribution >= 4 is 23.2 Å². The molecule has 1 spiro atoms. The molecule has 2 aromatic rings. The maximum atomic E-state index is 12.6. The van der Waals surface area contributed by atoms with Crippen molar-refractivity contribution in [3.63, 3.8) is 0 Å². The van der Waals surface area contributed by atoms with Crippen molar-refractivity contribution in [1.82, 2.24) is 15.0 Å². The van der Waals surface area contributed by atoms with Gasteiger partial charge in [0.15, 0.2) is 0 Å². The molecule has 0 aromatic carbocycles. The smallest absolute Gasteiger partial charge is 0.254 e. The Bertz CT molecular complexity index is 800. The highest BCUT2D eigenvalue weighted by Gasteiger charge is 2.45. The third-order valence-corrected chi connectivity index (χ3v) is 6.50. The largest absolute Gasteiger partial charge is 0.361 e. The Morgan fingerprint density at radius 3 is 2.73 bits per heavy atom. The van der Waals surface area contributed by atoms with Crippen molar-refractivity contribution in [3.8, 4) is 0 Å². The van der Waals surface area contributed by atoms with Crippen LogP contribution in [0.1, 0.15) is 46.6 Å². The molecule has 0 atom stereocenters. The lowest BCUT2D eigenvalue weighted by atomic mass is 9.77. The number of amides is 2. The van der Waals surface area contributed by atoms with Gasteiger partial charge in [-0.3, -0.25) is 9.59 Å². The van der Waals surface area contributed by atoms with Gasteiger partial charge in [-0.05, 0) is 38.1 Å². The van der Waals surface area contributed by atoms with E-state index in [0.717, 1.165) is 55.1 Å². The minimum absolute atomic E-state index is 0.00147. The van der Waals surface area contributed by atoms with Crippen LogP contribution in [0.4, 0.5) is 0 Å². The molecule has 2 amide bonds. The van der Waals surface area contributed by atoms with E-state index in [0.29, 0.717) is 13.0 Å². The van der Waals surface area contributed by atoms with Gasteiger partial charge in [0.05, 0.1) is 17.8 Å². The van der Waals surface area contributed by atoms with Crippen LogP contribution in [0.25, 0.3) is 0 Å². The van der Waals surface area contributed by atoms with Gasteiger partial charge in [0, 0.05) is 42.4 Å². The Labute approximate surface area is 156 Å². The first-order valence-electron chi connectivity index (χ1n) is 8.98. The lowest BCUT2D eigenvalue weighted by Gasteiger charge is -2.38. The van der Waals surface area contributed by atoms with Crippen LogP contribution in [0.15, 0.2) is 21.3 Å². The molecule has 2 saturated heterocycles. The molecule has 0 N–H and O–H groups in total. The number of likely N-dealkylation sites (tertiary alicyclic amines) is 2. The summed E-state index contributed by atoms with van der Waals surface area (Å²) in [6.45, 7) is 6.58. The number of carbonyl (C=O) groups is 2. The third-order valence-electron chi connectivity index (χ3n) is 5.81. The molecular formula is C19H23N3O3S. The third kappa shape index (κ3) is 3.05. The molecule has 0 saturated carbocycles. The SMILES string of the molecule is Cc1noc(C)c1CN1CC2(CCN(C(=O)c3ccsc3)CC2)CC1=O. The van der Waals surface area contributed by atoms with E-state index in [9.17, 15) is 9.59 Å². The fourth-order valence-electron chi connectivity index (χ4n) is 4.13. The van der Waals surface area contributed by atoms with E-state index in [1.807, 2.05) is 40.5 Å². The van der Waals surface area contributed by atoms with Crippen molar-refractivity contribution in [2.24, 2.45) is 5.41 Å². The van der Waals surface area contributed by atoms with E-state index in [-0.39, 0.29) is 17.2 Å². The van der Waals surface area contributed by atoms with Crippen LogP contribution in [0.3, 0.4) is 0 Å². The molecule has 0 aliphatic carbocycles. The molecule has 26 heavy (non-hydrogen) atoms. The number of nitrogens with zero attached hydrogens (tertiary/aromatic N) is 3. The molecule has 2 aromatic heterocycles. The number of rotatable bonds is 3. The Hall–Kier alpha value is -2.15. The second-order valence-corrected chi connectivity index (χ2v) is 8.31. The number of piperidine rings is 1. The first kappa shape index (κ1) is 17.3. The maximum Gasteiger partial charge on any atom is 0.254 e. The average molecular weight is 373 g/mol. The van der Waals surface area contributed by atoms with E-state index in [2.05, 4.69) is 5.16 Å². The van der Waals surface area contributed by atoms with E-state index in [4.69, 9.17) is 4.52 Å². The summed E-state index contributed by atoms with van der Waals surface area (Å²) < 4.78 is 5.22. The summed E-state index contributed by atoms with van der Waals surface area (Å²) in [6, 6.07) is 1.88. The van der Waals surface area contributed by atoms with E-state index in [1.165, 1.54) is 0 Å². The molecular weight excluding hydrogens is 350 g/mol. The van der Waals surface area contributed by atoms with Crippen molar-refractivity contribution in [2.45, 2.75) is 39.7 Å². The van der Waals surface area contributed by atoms with E-state index in [1.54, 1.807) is 11.3 Å². The van der Waals surface area contributed by atoms with Crippen LogP contribution >= 0.6 is 11.3 Å². The van der Waals surface area contributed by atoms with Crippen LogP contribution in [0.2, 0.25) is 0 Å². The van der Waals surface area contributed by atoms with Crippen LogP contribution in [0.5, 0.6) is 0 Å². The van der Waals surface area contributed by atoms with Crippen LogP contribution in [-0.2, 0) is 11.3 Å². The summed E-state index contributed by atoms with van der Waals surface area (Å²) in [5.74, 6) is 1.09. The second-order valence-electron chi connectivity index (χ2n) is 7.53. The Morgan fingerprint density at radius 2 is 2.12 bits per heavy atom. The summed E-state index contributed by atoms with van der Waals surface area (Å²) in [5, 5.41) is 7.82.